The van der Waals surface area contributed by atoms with Crippen molar-refractivity contribution in [2.45, 2.75) is 32.2 Å². The fourth-order valence-corrected chi connectivity index (χ4v) is 4.17. The summed E-state index contributed by atoms with van der Waals surface area (Å²) < 4.78 is 0. The number of fused-ring (bicyclic) bond motifs is 1. The van der Waals surface area contributed by atoms with Crippen LogP contribution in [0.25, 0.3) is 0 Å². The largest absolute Gasteiger partial charge is 0.375 e. The maximum absolute atomic E-state index is 12.7. The fourth-order valence-electron chi connectivity index (χ4n) is 4.17. The Labute approximate surface area is 162 Å². The first-order valence-electron chi connectivity index (χ1n) is 9.50. The lowest BCUT2D eigenvalue weighted by molar-refractivity contribution is -0.383. The van der Waals surface area contributed by atoms with Gasteiger partial charge >= 0.3 is 0 Å². The number of rotatable bonds is 5. The Kier molecular flexibility index (Phi) is 4.81. The zero-order valence-corrected chi connectivity index (χ0v) is 15.3. The van der Waals surface area contributed by atoms with Crippen molar-refractivity contribution >= 4 is 28.9 Å². The predicted molar refractivity (Wildman–Crippen MR) is 105 cm³/mol. The minimum atomic E-state index is -0.491. The number of nitrogens with zero attached hydrogens (tertiary/aromatic N) is 2. The Balaban J connectivity index is 1.60. The number of amides is 2. The van der Waals surface area contributed by atoms with Crippen molar-refractivity contribution in [1.29, 1.82) is 0 Å². The maximum atomic E-state index is 12.7. The molecule has 0 radical (unpaired) electrons. The number of anilines is 2. The van der Waals surface area contributed by atoms with Crippen LogP contribution in [0.15, 0.2) is 48.5 Å². The number of nitro benzene ring substituents is 1. The number of nitrogens with one attached hydrogen (secondary N) is 1. The number of hydrogen-bond acceptors (Lipinski definition) is 5. The molecule has 0 unspecified atom stereocenters. The second-order valence-electron chi connectivity index (χ2n) is 7.31. The van der Waals surface area contributed by atoms with Crippen LogP contribution >= 0.6 is 0 Å². The minimum Gasteiger partial charge on any atom is -0.375 e. The van der Waals surface area contributed by atoms with Crippen LogP contribution in [0.5, 0.6) is 0 Å². The highest BCUT2D eigenvalue weighted by Crippen LogP contribution is 2.41. The van der Waals surface area contributed by atoms with Gasteiger partial charge in [-0.1, -0.05) is 43.2 Å². The van der Waals surface area contributed by atoms with E-state index in [2.05, 4.69) is 5.32 Å². The summed E-state index contributed by atoms with van der Waals surface area (Å²) in [5.74, 6) is -1.02. The monoisotopic (exact) mass is 379 g/mol. The van der Waals surface area contributed by atoms with E-state index in [4.69, 9.17) is 0 Å². The van der Waals surface area contributed by atoms with E-state index in [1.54, 1.807) is 12.1 Å². The van der Waals surface area contributed by atoms with E-state index >= 15 is 0 Å². The van der Waals surface area contributed by atoms with Crippen molar-refractivity contribution in [2.75, 3.05) is 10.2 Å². The molecule has 2 aromatic rings. The molecule has 1 heterocycles. The molecule has 0 spiro atoms. The zero-order chi connectivity index (χ0) is 19.7. The molecular weight excluding hydrogens is 358 g/mol. The van der Waals surface area contributed by atoms with Crippen LogP contribution < -0.4 is 10.2 Å². The first-order valence-corrected chi connectivity index (χ1v) is 9.50. The topological polar surface area (TPSA) is 92.6 Å². The average Bonchev–Trinajstić information content (AvgIpc) is 2.98. The van der Waals surface area contributed by atoms with Gasteiger partial charge in [0.15, 0.2) is 0 Å². The van der Waals surface area contributed by atoms with Crippen molar-refractivity contribution in [3.8, 4) is 0 Å². The molecule has 1 N–H and O–H groups in total. The lowest BCUT2D eigenvalue weighted by Crippen LogP contribution is -2.30. The molecule has 1 saturated carbocycles. The Hall–Kier alpha value is -3.22. The Morgan fingerprint density at radius 2 is 1.64 bits per heavy atom. The lowest BCUT2D eigenvalue weighted by atomic mass is 9.81. The highest BCUT2D eigenvalue weighted by atomic mass is 16.6. The lowest BCUT2D eigenvalue weighted by Gasteiger charge is -2.19. The standard InChI is InChI=1S/C21H21N3O4/c25-20-16-8-4-5-9-17(16)21(26)23(20)15-10-11-18(19(12-15)24(27)28)22-13-14-6-2-1-3-7-14/h1-3,6-7,10-12,16-17,22H,4-5,8-9,13H2/t16-,17-/m1/s1. The van der Waals surface area contributed by atoms with Gasteiger partial charge in [0.1, 0.15) is 5.69 Å². The minimum absolute atomic E-state index is 0.149. The molecule has 28 heavy (non-hydrogen) atoms. The third-order valence-electron chi connectivity index (χ3n) is 5.60. The van der Waals surface area contributed by atoms with Gasteiger partial charge in [-0.25, -0.2) is 4.90 Å². The Morgan fingerprint density at radius 1 is 1.00 bits per heavy atom. The van der Waals surface area contributed by atoms with Crippen LogP contribution in [0.3, 0.4) is 0 Å². The van der Waals surface area contributed by atoms with E-state index in [9.17, 15) is 19.7 Å². The number of hydrogen-bond donors (Lipinski definition) is 1. The van der Waals surface area contributed by atoms with Crippen molar-refractivity contribution in [2.24, 2.45) is 11.8 Å². The van der Waals surface area contributed by atoms with Crippen molar-refractivity contribution in [3.63, 3.8) is 0 Å². The van der Waals surface area contributed by atoms with Gasteiger partial charge in [0.2, 0.25) is 11.8 Å². The van der Waals surface area contributed by atoms with Gasteiger partial charge in [0.05, 0.1) is 22.4 Å². The third-order valence-corrected chi connectivity index (χ3v) is 5.60. The van der Waals surface area contributed by atoms with E-state index in [1.165, 1.54) is 6.07 Å². The van der Waals surface area contributed by atoms with Crippen molar-refractivity contribution in [3.05, 3.63) is 64.2 Å². The molecule has 0 bridgehead atoms. The summed E-state index contributed by atoms with van der Waals surface area (Å²) in [5.41, 5.74) is 1.48. The number of imide groups is 1. The van der Waals surface area contributed by atoms with Crippen LogP contribution in [-0.2, 0) is 16.1 Å². The summed E-state index contributed by atoms with van der Waals surface area (Å²) >= 11 is 0. The molecule has 2 amide bonds. The molecule has 0 aromatic heterocycles. The normalized spacial score (nSPS) is 21.5. The molecule has 4 rings (SSSR count). The summed E-state index contributed by atoms with van der Waals surface area (Å²) in [5, 5.41) is 14.7. The molecule has 1 saturated heterocycles. The van der Waals surface area contributed by atoms with Gasteiger partial charge < -0.3 is 5.32 Å². The Bertz CT molecular complexity index is 905. The van der Waals surface area contributed by atoms with Crippen LogP contribution in [0.4, 0.5) is 17.1 Å². The van der Waals surface area contributed by atoms with Crippen LogP contribution in [0.2, 0.25) is 0 Å². The number of carbonyl (C=O) groups excluding carboxylic acids is 2. The summed E-state index contributed by atoms with van der Waals surface area (Å²) in [6.07, 6.45) is 3.31. The van der Waals surface area contributed by atoms with E-state index in [0.29, 0.717) is 25.1 Å². The maximum Gasteiger partial charge on any atom is 0.294 e. The molecule has 1 aliphatic carbocycles. The second kappa shape index (κ2) is 7.42. The summed E-state index contributed by atoms with van der Waals surface area (Å²) in [7, 11) is 0. The smallest absolute Gasteiger partial charge is 0.294 e. The highest BCUT2D eigenvalue weighted by molar-refractivity contribution is 6.22. The molecule has 7 nitrogen and oxygen atoms in total. The first kappa shape index (κ1) is 18.2. The third kappa shape index (κ3) is 3.24. The van der Waals surface area contributed by atoms with Gasteiger partial charge in [-0.3, -0.25) is 19.7 Å². The second-order valence-corrected chi connectivity index (χ2v) is 7.31. The Morgan fingerprint density at radius 3 is 2.25 bits per heavy atom. The van der Waals surface area contributed by atoms with E-state index in [0.717, 1.165) is 23.3 Å². The molecule has 1 aliphatic heterocycles. The van der Waals surface area contributed by atoms with Gasteiger partial charge in [-0.2, -0.15) is 0 Å². The average molecular weight is 379 g/mol. The van der Waals surface area contributed by atoms with E-state index in [-0.39, 0.29) is 35.0 Å². The summed E-state index contributed by atoms with van der Waals surface area (Å²) in [6.45, 7) is 0.437. The van der Waals surface area contributed by atoms with E-state index in [1.807, 2.05) is 30.3 Å². The van der Waals surface area contributed by atoms with Gasteiger partial charge in [0, 0.05) is 12.6 Å². The quantitative estimate of drug-likeness (QED) is 0.483. The molecule has 2 aromatic carbocycles. The molecule has 2 aliphatic rings. The number of carbonyl (C=O) groups is 2. The van der Waals surface area contributed by atoms with Gasteiger partial charge in [-0.15, -0.1) is 0 Å². The van der Waals surface area contributed by atoms with Crippen LogP contribution in [0.1, 0.15) is 31.2 Å². The van der Waals surface area contributed by atoms with E-state index < -0.39 is 4.92 Å². The molecule has 144 valence electrons. The van der Waals surface area contributed by atoms with Crippen LogP contribution in [-0.4, -0.2) is 16.7 Å². The number of benzene rings is 2. The van der Waals surface area contributed by atoms with Gasteiger partial charge in [0.25, 0.3) is 5.69 Å². The summed E-state index contributed by atoms with van der Waals surface area (Å²) in [4.78, 5) is 37.7. The van der Waals surface area contributed by atoms with Crippen molar-refractivity contribution in [1.82, 2.24) is 0 Å². The predicted octanol–water partition coefficient (Wildman–Crippen LogP) is 3.89. The molecular formula is C21H21N3O4. The highest BCUT2D eigenvalue weighted by Gasteiger charge is 2.49. The fraction of sp³-hybridized carbons (Fsp3) is 0.333. The summed E-state index contributed by atoms with van der Waals surface area (Å²) in [6, 6.07) is 14.1. The van der Waals surface area contributed by atoms with Crippen molar-refractivity contribution < 1.29 is 14.5 Å². The van der Waals surface area contributed by atoms with Crippen LogP contribution in [0, 0.1) is 22.0 Å². The first-order chi connectivity index (χ1) is 13.6. The molecule has 7 heteroatoms. The molecule has 2 fully saturated rings. The van der Waals surface area contributed by atoms with Gasteiger partial charge in [-0.05, 0) is 30.5 Å². The SMILES string of the molecule is O=C1[C@@H]2CCCC[C@H]2C(=O)N1c1ccc(NCc2ccccc2)c([N+](=O)[O-])c1. The zero-order valence-electron chi connectivity index (χ0n) is 15.3. The number of nitro groups is 1. The molecule has 2 atom stereocenters.